The van der Waals surface area contributed by atoms with Crippen molar-refractivity contribution >= 4 is 5.91 Å². The molecule has 3 nitrogen and oxygen atoms in total. The van der Waals surface area contributed by atoms with Crippen molar-refractivity contribution < 1.29 is 4.79 Å². The van der Waals surface area contributed by atoms with Crippen molar-refractivity contribution in [3.05, 3.63) is 0 Å². The van der Waals surface area contributed by atoms with Crippen LogP contribution in [0.1, 0.15) is 33.1 Å². The van der Waals surface area contributed by atoms with Crippen LogP contribution in [0.25, 0.3) is 0 Å². The van der Waals surface area contributed by atoms with Crippen molar-refractivity contribution in [2.24, 2.45) is 0 Å². The van der Waals surface area contributed by atoms with E-state index in [-0.39, 0.29) is 5.91 Å². The minimum absolute atomic E-state index is 0.136. The summed E-state index contributed by atoms with van der Waals surface area (Å²) in [6.45, 7) is 7.43. The molecule has 0 spiro atoms. The molecule has 0 aromatic carbocycles. The van der Waals surface area contributed by atoms with Crippen molar-refractivity contribution in [3.8, 4) is 0 Å². The molecule has 0 rings (SSSR count). The highest BCUT2D eigenvalue weighted by Gasteiger charge is 2.04. The Labute approximate surface area is 81.5 Å². The Morgan fingerprint density at radius 3 is 2.08 bits per heavy atom. The third kappa shape index (κ3) is 6.58. The maximum Gasteiger partial charge on any atom is 0.221 e. The summed E-state index contributed by atoms with van der Waals surface area (Å²) in [5, 5.41) is 2.64. The standard InChI is InChI=1S/C10H22N2O/c1-4-7-12(8-5-2)9-6-10(13)11-3/h4-9H2,1-3H3,(H,11,13). The van der Waals surface area contributed by atoms with Crippen molar-refractivity contribution in [3.63, 3.8) is 0 Å². The lowest BCUT2D eigenvalue weighted by atomic mass is 10.3. The van der Waals surface area contributed by atoms with Crippen LogP contribution < -0.4 is 5.32 Å². The fraction of sp³-hybridized carbons (Fsp3) is 0.900. The zero-order valence-electron chi connectivity index (χ0n) is 9.10. The van der Waals surface area contributed by atoms with E-state index in [1.807, 2.05) is 0 Å². The predicted molar refractivity (Wildman–Crippen MR) is 55.7 cm³/mol. The van der Waals surface area contributed by atoms with Gasteiger partial charge in [0.15, 0.2) is 0 Å². The number of hydrogen-bond donors (Lipinski definition) is 1. The molecule has 13 heavy (non-hydrogen) atoms. The lowest BCUT2D eigenvalue weighted by Crippen LogP contribution is -2.30. The van der Waals surface area contributed by atoms with Gasteiger partial charge in [0, 0.05) is 20.0 Å². The van der Waals surface area contributed by atoms with E-state index in [4.69, 9.17) is 0 Å². The Morgan fingerprint density at radius 1 is 1.15 bits per heavy atom. The van der Waals surface area contributed by atoms with E-state index >= 15 is 0 Å². The Morgan fingerprint density at radius 2 is 1.69 bits per heavy atom. The van der Waals surface area contributed by atoms with E-state index in [0.717, 1.165) is 32.5 Å². The third-order valence-electron chi connectivity index (χ3n) is 2.01. The minimum Gasteiger partial charge on any atom is -0.359 e. The molecular weight excluding hydrogens is 164 g/mol. The molecule has 0 aromatic heterocycles. The Kier molecular flexibility index (Phi) is 7.69. The average Bonchev–Trinajstić information content (AvgIpc) is 2.14. The SMILES string of the molecule is CCCN(CCC)CCC(=O)NC. The number of nitrogens with zero attached hydrogens (tertiary/aromatic N) is 1. The van der Waals surface area contributed by atoms with Crippen molar-refractivity contribution in [2.75, 3.05) is 26.7 Å². The Balaban J connectivity index is 3.61. The first-order valence-corrected chi connectivity index (χ1v) is 5.17. The molecule has 0 aliphatic rings. The fourth-order valence-corrected chi connectivity index (χ4v) is 1.35. The first-order valence-electron chi connectivity index (χ1n) is 5.17. The average molecular weight is 186 g/mol. The van der Waals surface area contributed by atoms with Crippen LogP contribution in [0.4, 0.5) is 0 Å². The highest BCUT2D eigenvalue weighted by atomic mass is 16.1. The van der Waals surface area contributed by atoms with Crippen LogP contribution in [-0.4, -0.2) is 37.5 Å². The number of amides is 1. The van der Waals surface area contributed by atoms with Crippen LogP contribution in [0.2, 0.25) is 0 Å². The second kappa shape index (κ2) is 8.05. The van der Waals surface area contributed by atoms with Gasteiger partial charge < -0.3 is 10.2 Å². The summed E-state index contributed by atoms with van der Waals surface area (Å²) >= 11 is 0. The normalized spacial score (nSPS) is 10.5. The van der Waals surface area contributed by atoms with Gasteiger partial charge in [0.05, 0.1) is 0 Å². The molecule has 0 atom stereocenters. The number of carbonyl (C=O) groups excluding carboxylic acids is 1. The van der Waals surface area contributed by atoms with E-state index < -0.39 is 0 Å². The van der Waals surface area contributed by atoms with Gasteiger partial charge in [-0.3, -0.25) is 4.79 Å². The first-order chi connectivity index (χ1) is 6.24. The summed E-state index contributed by atoms with van der Waals surface area (Å²) in [7, 11) is 1.69. The van der Waals surface area contributed by atoms with Gasteiger partial charge >= 0.3 is 0 Å². The molecule has 0 saturated carbocycles. The summed E-state index contributed by atoms with van der Waals surface area (Å²) in [4.78, 5) is 13.3. The fourth-order valence-electron chi connectivity index (χ4n) is 1.35. The van der Waals surface area contributed by atoms with Gasteiger partial charge in [-0.25, -0.2) is 0 Å². The van der Waals surface area contributed by atoms with Crippen LogP contribution in [0.15, 0.2) is 0 Å². The molecule has 0 radical (unpaired) electrons. The Hall–Kier alpha value is -0.570. The first kappa shape index (κ1) is 12.4. The minimum atomic E-state index is 0.136. The topological polar surface area (TPSA) is 32.3 Å². The molecule has 0 fully saturated rings. The van der Waals surface area contributed by atoms with E-state index in [9.17, 15) is 4.79 Å². The van der Waals surface area contributed by atoms with Gasteiger partial charge in [0.2, 0.25) is 5.91 Å². The summed E-state index contributed by atoms with van der Waals surface area (Å²) in [6, 6.07) is 0. The highest BCUT2D eigenvalue weighted by Crippen LogP contribution is 1.95. The third-order valence-corrected chi connectivity index (χ3v) is 2.01. The van der Waals surface area contributed by atoms with Crippen LogP contribution in [0.3, 0.4) is 0 Å². The lowest BCUT2D eigenvalue weighted by Gasteiger charge is -2.20. The zero-order valence-corrected chi connectivity index (χ0v) is 9.10. The van der Waals surface area contributed by atoms with E-state index in [1.165, 1.54) is 0 Å². The monoisotopic (exact) mass is 186 g/mol. The molecule has 3 heteroatoms. The van der Waals surface area contributed by atoms with Gasteiger partial charge in [-0.05, 0) is 25.9 Å². The van der Waals surface area contributed by atoms with E-state index in [0.29, 0.717) is 6.42 Å². The van der Waals surface area contributed by atoms with Crippen molar-refractivity contribution in [2.45, 2.75) is 33.1 Å². The van der Waals surface area contributed by atoms with Gasteiger partial charge in [0.25, 0.3) is 0 Å². The van der Waals surface area contributed by atoms with Crippen LogP contribution >= 0.6 is 0 Å². The maximum atomic E-state index is 11.0. The van der Waals surface area contributed by atoms with Gasteiger partial charge in [-0.1, -0.05) is 13.8 Å². The maximum absolute atomic E-state index is 11.0. The summed E-state index contributed by atoms with van der Waals surface area (Å²) in [6.07, 6.45) is 2.94. The Bertz CT molecular complexity index is 131. The molecule has 78 valence electrons. The van der Waals surface area contributed by atoms with Crippen LogP contribution in [0, 0.1) is 0 Å². The van der Waals surface area contributed by atoms with Gasteiger partial charge in [-0.15, -0.1) is 0 Å². The van der Waals surface area contributed by atoms with E-state index in [1.54, 1.807) is 7.05 Å². The van der Waals surface area contributed by atoms with Crippen LogP contribution in [0.5, 0.6) is 0 Å². The summed E-state index contributed by atoms with van der Waals surface area (Å²) in [5.74, 6) is 0.136. The second-order valence-corrected chi connectivity index (χ2v) is 3.26. The molecule has 1 amide bonds. The number of hydrogen-bond acceptors (Lipinski definition) is 2. The molecule has 0 unspecified atom stereocenters. The van der Waals surface area contributed by atoms with Crippen molar-refractivity contribution in [1.29, 1.82) is 0 Å². The van der Waals surface area contributed by atoms with Gasteiger partial charge in [-0.2, -0.15) is 0 Å². The second-order valence-electron chi connectivity index (χ2n) is 3.26. The largest absolute Gasteiger partial charge is 0.359 e. The number of nitrogens with one attached hydrogen (secondary N) is 1. The van der Waals surface area contributed by atoms with Gasteiger partial charge in [0.1, 0.15) is 0 Å². The smallest absolute Gasteiger partial charge is 0.221 e. The molecule has 0 aliphatic carbocycles. The lowest BCUT2D eigenvalue weighted by molar-refractivity contribution is -0.120. The summed E-state index contributed by atoms with van der Waals surface area (Å²) < 4.78 is 0. The molecular formula is C10H22N2O. The molecule has 0 bridgehead atoms. The van der Waals surface area contributed by atoms with E-state index in [2.05, 4.69) is 24.1 Å². The number of rotatable bonds is 7. The molecule has 1 N–H and O–H groups in total. The molecule has 0 saturated heterocycles. The molecule has 0 heterocycles. The molecule has 0 aromatic rings. The highest BCUT2D eigenvalue weighted by molar-refractivity contribution is 5.75. The van der Waals surface area contributed by atoms with Crippen LogP contribution in [-0.2, 0) is 4.79 Å². The quantitative estimate of drug-likeness (QED) is 0.649. The summed E-state index contributed by atoms with van der Waals surface area (Å²) in [5.41, 5.74) is 0. The predicted octanol–water partition coefficient (Wildman–Crippen LogP) is 1.24. The zero-order chi connectivity index (χ0) is 10.1. The molecule has 0 aliphatic heterocycles. The number of carbonyl (C=O) groups is 1. The van der Waals surface area contributed by atoms with Crippen molar-refractivity contribution in [1.82, 2.24) is 10.2 Å².